The highest BCUT2D eigenvalue weighted by Gasteiger charge is 1.99. The normalized spacial score (nSPS) is 10.3. The van der Waals surface area contributed by atoms with Crippen molar-refractivity contribution >= 4 is 5.91 Å². The van der Waals surface area contributed by atoms with E-state index in [9.17, 15) is 4.79 Å². The summed E-state index contributed by atoms with van der Waals surface area (Å²) in [5.41, 5.74) is 1.21. The molecule has 0 unspecified atom stereocenters. The Kier molecular flexibility index (Phi) is 4.90. The summed E-state index contributed by atoms with van der Waals surface area (Å²) in [5, 5.41) is 5.84. The van der Waals surface area contributed by atoms with Crippen LogP contribution in [0.4, 0.5) is 0 Å². The van der Waals surface area contributed by atoms with Gasteiger partial charge in [0.2, 0.25) is 5.91 Å². The molecule has 0 saturated heterocycles. The Morgan fingerprint density at radius 2 is 2.27 bits per heavy atom. The maximum atomic E-state index is 11.1. The molecule has 1 aromatic rings. The van der Waals surface area contributed by atoms with Gasteiger partial charge in [-0.15, -0.1) is 0 Å². The third kappa shape index (κ3) is 4.16. The van der Waals surface area contributed by atoms with Gasteiger partial charge in [-0.3, -0.25) is 4.79 Å². The molecule has 1 aromatic heterocycles. The molecule has 0 saturated carbocycles. The lowest BCUT2D eigenvalue weighted by atomic mass is 10.3. The second-order valence-electron chi connectivity index (χ2n) is 3.41. The lowest BCUT2D eigenvalue weighted by molar-refractivity contribution is -0.120. The number of hydrogen-bond acceptors (Lipinski definition) is 2. The third-order valence-electron chi connectivity index (χ3n) is 2.17. The summed E-state index contributed by atoms with van der Waals surface area (Å²) < 4.78 is 2.11. The molecule has 4 heteroatoms. The SMILES string of the molecule is CCNC(=O)CNCc1ccn(CC)c1. The Bertz CT molecular complexity index is 307. The number of carbonyl (C=O) groups is 1. The summed E-state index contributed by atoms with van der Waals surface area (Å²) in [7, 11) is 0. The molecule has 1 rings (SSSR count). The van der Waals surface area contributed by atoms with Gasteiger partial charge in [0.15, 0.2) is 0 Å². The summed E-state index contributed by atoms with van der Waals surface area (Å²) in [6.45, 7) is 6.81. The van der Waals surface area contributed by atoms with E-state index in [0.29, 0.717) is 13.1 Å². The summed E-state index contributed by atoms with van der Waals surface area (Å²) in [4.78, 5) is 11.1. The number of aryl methyl sites for hydroxylation is 1. The van der Waals surface area contributed by atoms with Crippen LogP contribution < -0.4 is 10.6 Å². The van der Waals surface area contributed by atoms with Crippen molar-refractivity contribution in [1.82, 2.24) is 15.2 Å². The van der Waals surface area contributed by atoms with E-state index in [1.54, 1.807) is 0 Å². The van der Waals surface area contributed by atoms with Gasteiger partial charge in [0.25, 0.3) is 0 Å². The van der Waals surface area contributed by atoms with Gasteiger partial charge in [0.1, 0.15) is 0 Å². The molecular weight excluding hydrogens is 190 g/mol. The molecule has 1 heterocycles. The van der Waals surface area contributed by atoms with Gasteiger partial charge < -0.3 is 15.2 Å². The number of likely N-dealkylation sites (N-methyl/N-ethyl adjacent to an activating group) is 1. The van der Waals surface area contributed by atoms with Crippen LogP contribution in [-0.2, 0) is 17.9 Å². The fourth-order valence-electron chi connectivity index (χ4n) is 1.37. The van der Waals surface area contributed by atoms with Gasteiger partial charge in [0, 0.05) is 32.0 Å². The second-order valence-corrected chi connectivity index (χ2v) is 3.41. The summed E-state index contributed by atoms with van der Waals surface area (Å²) in [6, 6.07) is 2.06. The minimum atomic E-state index is 0.0485. The summed E-state index contributed by atoms with van der Waals surface area (Å²) >= 11 is 0. The number of rotatable bonds is 6. The highest BCUT2D eigenvalue weighted by atomic mass is 16.1. The molecule has 2 N–H and O–H groups in total. The zero-order chi connectivity index (χ0) is 11.1. The van der Waals surface area contributed by atoms with E-state index >= 15 is 0 Å². The molecule has 0 aromatic carbocycles. The molecule has 84 valence electrons. The van der Waals surface area contributed by atoms with Crippen LogP contribution in [0.15, 0.2) is 18.5 Å². The molecular formula is C11H19N3O. The predicted octanol–water partition coefficient (Wildman–Crippen LogP) is 0.734. The number of carbonyl (C=O) groups excluding carboxylic acids is 1. The standard InChI is InChI=1S/C11H19N3O/c1-3-13-11(15)8-12-7-10-5-6-14(4-2)9-10/h5-6,9,12H,3-4,7-8H2,1-2H3,(H,13,15). The second kappa shape index (κ2) is 6.24. The van der Waals surface area contributed by atoms with Crippen molar-refractivity contribution in [2.75, 3.05) is 13.1 Å². The number of aromatic nitrogens is 1. The van der Waals surface area contributed by atoms with Gasteiger partial charge in [0.05, 0.1) is 6.54 Å². The quantitative estimate of drug-likeness (QED) is 0.725. The maximum absolute atomic E-state index is 11.1. The first-order valence-electron chi connectivity index (χ1n) is 5.38. The van der Waals surface area contributed by atoms with Crippen LogP contribution in [0.3, 0.4) is 0 Å². The zero-order valence-electron chi connectivity index (χ0n) is 9.42. The Morgan fingerprint density at radius 3 is 2.87 bits per heavy atom. The van der Waals surface area contributed by atoms with Gasteiger partial charge in [-0.2, -0.15) is 0 Å². The molecule has 0 atom stereocenters. The highest BCUT2D eigenvalue weighted by Crippen LogP contribution is 1.99. The Morgan fingerprint density at radius 1 is 1.47 bits per heavy atom. The van der Waals surface area contributed by atoms with Crippen molar-refractivity contribution in [3.8, 4) is 0 Å². The molecule has 0 fully saturated rings. The zero-order valence-corrected chi connectivity index (χ0v) is 9.42. The third-order valence-corrected chi connectivity index (χ3v) is 2.17. The molecule has 15 heavy (non-hydrogen) atoms. The average molecular weight is 209 g/mol. The molecule has 4 nitrogen and oxygen atoms in total. The largest absolute Gasteiger partial charge is 0.355 e. The van der Waals surface area contributed by atoms with Crippen LogP contribution in [0.1, 0.15) is 19.4 Å². The Hall–Kier alpha value is -1.29. The van der Waals surface area contributed by atoms with Crippen molar-refractivity contribution in [3.63, 3.8) is 0 Å². The lowest BCUT2D eigenvalue weighted by Gasteiger charge is -2.03. The molecule has 0 aliphatic heterocycles. The average Bonchev–Trinajstić information content (AvgIpc) is 2.66. The molecule has 0 spiro atoms. The van der Waals surface area contributed by atoms with Gasteiger partial charge in [-0.25, -0.2) is 0 Å². The molecule has 0 radical (unpaired) electrons. The monoisotopic (exact) mass is 209 g/mol. The Labute approximate surface area is 90.7 Å². The maximum Gasteiger partial charge on any atom is 0.233 e. The highest BCUT2D eigenvalue weighted by molar-refractivity contribution is 5.77. The molecule has 0 aliphatic rings. The predicted molar refractivity (Wildman–Crippen MR) is 60.5 cm³/mol. The number of hydrogen-bond donors (Lipinski definition) is 2. The minimum absolute atomic E-state index is 0.0485. The van der Waals surface area contributed by atoms with Crippen molar-refractivity contribution in [1.29, 1.82) is 0 Å². The fourth-order valence-corrected chi connectivity index (χ4v) is 1.37. The Balaban J connectivity index is 2.22. The van der Waals surface area contributed by atoms with Crippen molar-refractivity contribution in [2.45, 2.75) is 26.9 Å². The van der Waals surface area contributed by atoms with Crippen LogP contribution in [0, 0.1) is 0 Å². The molecule has 0 bridgehead atoms. The fraction of sp³-hybridized carbons (Fsp3) is 0.545. The van der Waals surface area contributed by atoms with E-state index in [4.69, 9.17) is 0 Å². The van der Waals surface area contributed by atoms with E-state index in [2.05, 4.69) is 34.4 Å². The van der Waals surface area contributed by atoms with E-state index < -0.39 is 0 Å². The first-order valence-corrected chi connectivity index (χ1v) is 5.38. The first-order chi connectivity index (χ1) is 7.26. The van der Waals surface area contributed by atoms with Crippen LogP contribution in [0.5, 0.6) is 0 Å². The summed E-state index contributed by atoms with van der Waals surface area (Å²) in [5.74, 6) is 0.0485. The molecule has 1 amide bonds. The number of nitrogens with zero attached hydrogens (tertiary/aromatic N) is 1. The summed E-state index contributed by atoms with van der Waals surface area (Å²) in [6.07, 6.45) is 4.13. The van der Waals surface area contributed by atoms with Crippen molar-refractivity contribution in [3.05, 3.63) is 24.0 Å². The number of amides is 1. The molecule has 0 aliphatic carbocycles. The smallest absolute Gasteiger partial charge is 0.233 e. The van der Waals surface area contributed by atoms with Gasteiger partial charge in [-0.05, 0) is 25.5 Å². The first kappa shape index (κ1) is 11.8. The van der Waals surface area contributed by atoms with E-state index in [0.717, 1.165) is 13.1 Å². The van der Waals surface area contributed by atoms with Gasteiger partial charge in [-0.1, -0.05) is 0 Å². The van der Waals surface area contributed by atoms with Crippen molar-refractivity contribution in [2.24, 2.45) is 0 Å². The minimum Gasteiger partial charge on any atom is -0.355 e. The van der Waals surface area contributed by atoms with Crippen molar-refractivity contribution < 1.29 is 4.79 Å². The van der Waals surface area contributed by atoms with Crippen LogP contribution >= 0.6 is 0 Å². The van der Waals surface area contributed by atoms with Crippen LogP contribution in [0.25, 0.3) is 0 Å². The topological polar surface area (TPSA) is 46.1 Å². The van der Waals surface area contributed by atoms with Gasteiger partial charge >= 0.3 is 0 Å². The number of nitrogens with one attached hydrogen (secondary N) is 2. The van der Waals surface area contributed by atoms with E-state index in [1.807, 2.05) is 13.1 Å². The van der Waals surface area contributed by atoms with Crippen LogP contribution in [-0.4, -0.2) is 23.6 Å². The lowest BCUT2D eigenvalue weighted by Crippen LogP contribution is -2.33. The van der Waals surface area contributed by atoms with E-state index in [-0.39, 0.29) is 5.91 Å². The van der Waals surface area contributed by atoms with E-state index in [1.165, 1.54) is 5.56 Å². The van der Waals surface area contributed by atoms with Crippen LogP contribution in [0.2, 0.25) is 0 Å².